The highest BCUT2D eigenvalue weighted by atomic mass is 16.6. The minimum atomic E-state index is -0.420. The Morgan fingerprint density at radius 2 is 1.93 bits per heavy atom. The van der Waals surface area contributed by atoms with E-state index in [1.165, 1.54) is 0 Å². The van der Waals surface area contributed by atoms with E-state index >= 15 is 0 Å². The summed E-state index contributed by atoms with van der Waals surface area (Å²) in [4.78, 5) is 5.22. The minimum Gasteiger partial charge on any atom is -0.391 e. The molecule has 0 aliphatic heterocycles. The van der Waals surface area contributed by atoms with Gasteiger partial charge < -0.3 is 10.6 Å². The van der Waals surface area contributed by atoms with Crippen LogP contribution >= 0.6 is 0 Å². The summed E-state index contributed by atoms with van der Waals surface area (Å²) >= 11 is 0. The average molecular weight is 206 g/mol. The van der Waals surface area contributed by atoms with Crippen molar-refractivity contribution < 1.29 is 4.84 Å². The zero-order chi connectivity index (χ0) is 11.3. The van der Waals surface area contributed by atoms with Crippen molar-refractivity contribution in [3.63, 3.8) is 0 Å². The molecule has 0 spiro atoms. The summed E-state index contributed by atoms with van der Waals surface area (Å²) in [5.74, 6) is 0. The van der Waals surface area contributed by atoms with Gasteiger partial charge in [-0.05, 0) is 26.3 Å². The van der Waals surface area contributed by atoms with Gasteiger partial charge in [-0.2, -0.15) is 0 Å². The van der Waals surface area contributed by atoms with Crippen LogP contribution in [0, 0.1) is 0 Å². The molecule has 0 heterocycles. The van der Waals surface area contributed by atoms with Gasteiger partial charge in [-0.15, -0.1) is 0 Å². The topological polar surface area (TPSA) is 47.6 Å². The van der Waals surface area contributed by atoms with Crippen LogP contribution in [0.3, 0.4) is 0 Å². The van der Waals surface area contributed by atoms with Crippen molar-refractivity contribution in [3.05, 3.63) is 35.9 Å². The molecule has 3 nitrogen and oxygen atoms in total. The van der Waals surface area contributed by atoms with Gasteiger partial charge >= 0.3 is 0 Å². The van der Waals surface area contributed by atoms with Crippen molar-refractivity contribution in [2.45, 2.75) is 32.9 Å². The minimum absolute atomic E-state index is 0.420. The molecule has 82 valence electrons. The van der Waals surface area contributed by atoms with Crippen LogP contribution in [-0.2, 0) is 11.4 Å². The van der Waals surface area contributed by atoms with Crippen LogP contribution in [-0.4, -0.2) is 11.3 Å². The molecule has 0 saturated heterocycles. The fourth-order valence-corrected chi connectivity index (χ4v) is 0.896. The molecule has 15 heavy (non-hydrogen) atoms. The lowest BCUT2D eigenvalue weighted by Gasteiger charge is -2.17. The fraction of sp³-hybridized carbons (Fsp3) is 0.417. The second-order valence-electron chi connectivity index (χ2n) is 4.16. The number of nitrogens with zero attached hydrogens (tertiary/aromatic N) is 1. The predicted molar refractivity (Wildman–Crippen MR) is 62.6 cm³/mol. The standard InChI is InChI=1S/C12H18N2O/c1-10(12(2,3)13)14-15-9-11-7-5-4-6-8-11/h4-8H,9,13H2,1-3H3. The van der Waals surface area contributed by atoms with E-state index in [4.69, 9.17) is 10.6 Å². The summed E-state index contributed by atoms with van der Waals surface area (Å²) < 4.78 is 0. The smallest absolute Gasteiger partial charge is 0.142 e. The Hall–Kier alpha value is -1.35. The van der Waals surface area contributed by atoms with E-state index in [2.05, 4.69) is 5.16 Å². The van der Waals surface area contributed by atoms with Gasteiger partial charge in [0.25, 0.3) is 0 Å². The van der Waals surface area contributed by atoms with Crippen LogP contribution in [0.1, 0.15) is 26.3 Å². The van der Waals surface area contributed by atoms with Gasteiger partial charge in [-0.1, -0.05) is 35.5 Å². The number of nitrogens with two attached hydrogens (primary N) is 1. The zero-order valence-electron chi connectivity index (χ0n) is 9.53. The molecular formula is C12H18N2O. The molecule has 1 aromatic carbocycles. The Morgan fingerprint density at radius 3 is 2.47 bits per heavy atom. The highest BCUT2D eigenvalue weighted by molar-refractivity contribution is 5.89. The van der Waals surface area contributed by atoms with E-state index in [0.717, 1.165) is 11.3 Å². The SMILES string of the molecule is CC(=NOCc1ccccc1)C(C)(C)N. The lowest BCUT2D eigenvalue weighted by atomic mass is 10.0. The Kier molecular flexibility index (Phi) is 3.86. The Balaban J connectivity index is 2.46. The molecule has 0 amide bonds. The lowest BCUT2D eigenvalue weighted by molar-refractivity contribution is 0.128. The van der Waals surface area contributed by atoms with Gasteiger partial charge in [-0.25, -0.2) is 0 Å². The molecule has 0 atom stereocenters. The van der Waals surface area contributed by atoms with Crippen LogP contribution in [0.15, 0.2) is 35.5 Å². The molecule has 0 aromatic heterocycles. The number of hydrogen-bond acceptors (Lipinski definition) is 3. The van der Waals surface area contributed by atoms with Gasteiger partial charge in [0.2, 0.25) is 0 Å². The van der Waals surface area contributed by atoms with Crippen molar-refractivity contribution in [2.24, 2.45) is 10.9 Å². The molecule has 1 aromatic rings. The van der Waals surface area contributed by atoms with Crippen LogP contribution < -0.4 is 5.73 Å². The third-order valence-electron chi connectivity index (χ3n) is 2.21. The maximum atomic E-state index is 5.85. The number of rotatable bonds is 4. The largest absolute Gasteiger partial charge is 0.391 e. The summed E-state index contributed by atoms with van der Waals surface area (Å²) in [6.45, 7) is 6.15. The van der Waals surface area contributed by atoms with Gasteiger partial charge in [-0.3, -0.25) is 0 Å². The molecule has 0 aliphatic carbocycles. The monoisotopic (exact) mass is 206 g/mol. The second-order valence-corrected chi connectivity index (χ2v) is 4.16. The van der Waals surface area contributed by atoms with Gasteiger partial charge in [0.1, 0.15) is 6.61 Å². The van der Waals surface area contributed by atoms with E-state index in [1.54, 1.807) is 0 Å². The first-order valence-corrected chi connectivity index (χ1v) is 5.00. The van der Waals surface area contributed by atoms with Crippen LogP contribution in [0.2, 0.25) is 0 Å². The van der Waals surface area contributed by atoms with Crippen LogP contribution in [0.4, 0.5) is 0 Å². The zero-order valence-corrected chi connectivity index (χ0v) is 9.53. The first-order chi connectivity index (χ1) is 7.00. The predicted octanol–water partition coefficient (Wildman–Crippen LogP) is 2.32. The van der Waals surface area contributed by atoms with Crippen LogP contribution in [0.5, 0.6) is 0 Å². The van der Waals surface area contributed by atoms with Gasteiger partial charge in [0.15, 0.2) is 0 Å². The number of hydrogen-bond donors (Lipinski definition) is 1. The maximum absolute atomic E-state index is 5.85. The van der Waals surface area contributed by atoms with E-state index in [1.807, 2.05) is 51.1 Å². The van der Waals surface area contributed by atoms with Crippen LogP contribution in [0.25, 0.3) is 0 Å². The van der Waals surface area contributed by atoms with Gasteiger partial charge in [0.05, 0.1) is 11.3 Å². The molecular weight excluding hydrogens is 188 g/mol. The Labute approximate surface area is 90.9 Å². The van der Waals surface area contributed by atoms with E-state index < -0.39 is 5.54 Å². The van der Waals surface area contributed by atoms with Crippen molar-refractivity contribution in [1.29, 1.82) is 0 Å². The third-order valence-corrected chi connectivity index (χ3v) is 2.21. The van der Waals surface area contributed by atoms with Crippen molar-refractivity contribution in [1.82, 2.24) is 0 Å². The lowest BCUT2D eigenvalue weighted by Crippen LogP contribution is -2.39. The Morgan fingerprint density at radius 1 is 1.33 bits per heavy atom. The van der Waals surface area contributed by atoms with Crippen molar-refractivity contribution in [3.8, 4) is 0 Å². The first kappa shape index (κ1) is 11.7. The number of oxime groups is 1. The third kappa shape index (κ3) is 4.13. The summed E-state index contributed by atoms with van der Waals surface area (Å²) in [5, 5.41) is 3.98. The summed E-state index contributed by atoms with van der Waals surface area (Å²) in [7, 11) is 0. The molecule has 0 bridgehead atoms. The normalized spacial score (nSPS) is 12.7. The van der Waals surface area contributed by atoms with Crippen molar-refractivity contribution in [2.75, 3.05) is 0 Å². The quantitative estimate of drug-likeness (QED) is 0.607. The maximum Gasteiger partial charge on any atom is 0.142 e. The van der Waals surface area contributed by atoms with E-state index in [-0.39, 0.29) is 0 Å². The molecule has 0 radical (unpaired) electrons. The summed E-state index contributed by atoms with van der Waals surface area (Å²) in [5.41, 5.74) is 7.32. The average Bonchev–Trinajstić information content (AvgIpc) is 2.18. The molecule has 1 rings (SSSR count). The molecule has 0 saturated carbocycles. The van der Waals surface area contributed by atoms with Gasteiger partial charge in [0, 0.05) is 0 Å². The number of benzene rings is 1. The van der Waals surface area contributed by atoms with E-state index in [9.17, 15) is 0 Å². The first-order valence-electron chi connectivity index (χ1n) is 5.00. The summed E-state index contributed by atoms with van der Waals surface area (Å²) in [6, 6.07) is 9.92. The molecule has 0 unspecified atom stereocenters. The summed E-state index contributed by atoms with van der Waals surface area (Å²) in [6.07, 6.45) is 0. The molecule has 0 aliphatic rings. The Bertz CT molecular complexity index is 325. The van der Waals surface area contributed by atoms with E-state index in [0.29, 0.717) is 6.61 Å². The highest BCUT2D eigenvalue weighted by Crippen LogP contribution is 2.04. The highest BCUT2D eigenvalue weighted by Gasteiger charge is 2.15. The van der Waals surface area contributed by atoms with Crippen molar-refractivity contribution >= 4 is 5.71 Å². The molecule has 0 fully saturated rings. The second kappa shape index (κ2) is 4.94. The molecule has 3 heteroatoms. The fourth-order valence-electron chi connectivity index (χ4n) is 0.896. The molecule has 2 N–H and O–H groups in total.